The molecule has 0 saturated heterocycles. The molecule has 30 heavy (non-hydrogen) atoms. The Morgan fingerprint density at radius 2 is 2.00 bits per heavy atom. The zero-order valence-corrected chi connectivity index (χ0v) is 18.5. The molecule has 0 aliphatic rings. The Balaban J connectivity index is 2.23. The molecule has 1 N–H and O–H groups in total. The summed E-state index contributed by atoms with van der Waals surface area (Å²) in [6.07, 6.45) is 1.38. The van der Waals surface area contributed by atoms with Gasteiger partial charge in [-0.1, -0.05) is 31.5 Å². The van der Waals surface area contributed by atoms with Crippen LogP contribution in [-0.2, 0) is 9.53 Å². The fraction of sp³-hybridized carbons (Fsp3) is 0.333. The number of nitrogens with one attached hydrogen (secondary N) is 1. The molecule has 9 heteroatoms. The molecule has 0 saturated carbocycles. The highest BCUT2D eigenvalue weighted by Crippen LogP contribution is 2.31. The SMILES string of the molecule is CCOC(=O)c1nn(-c2cccc(Cl)c2)c(=O)c2c(NC(=O)C(CC)CC)scc12. The van der Waals surface area contributed by atoms with Crippen LogP contribution in [0.2, 0.25) is 5.02 Å². The number of hydrogen-bond acceptors (Lipinski definition) is 6. The van der Waals surface area contributed by atoms with Crippen molar-refractivity contribution in [2.24, 2.45) is 5.92 Å². The number of fused-ring (bicyclic) bond motifs is 1. The van der Waals surface area contributed by atoms with Gasteiger partial charge in [-0.05, 0) is 38.0 Å². The summed E-state index contributed by atoms with van der Waals surface area (Å²) in [5.74, 6) is -0.968. The normalized spacial score (nSPS) is 11.1. The van der Waals surface area contributed by atoms with E-state index in [4.69, 9.17) is 16.3 Å². The van der Waals surface area contributed by atoms with Gasteiger partial charge in [-0.2, -0.15) is 9.78 Å². The highest BCUT2D eigenvalue weighted by Gasteiger charge is 2.24. The topological polar surface area (TPSA) is 90.3 Å². The van der Waals surface area contributed by atoms with E-state index < -0.39 is 11.5 Å². The molecule has 3 aromatic rings. The van der Waals surface area contributed by atoms with Gasteiger partial charge in [-0.25, -0.2) is 4.79 Å². The van der Waals surface area contributed by atoms with E-state index in [9.17, 15) is 14.4 Å². The van der Waals surface area contributed by atoms with Gasteiger partial charge >= 0.3 is 5.97 Å². The van der Waals surface area contributed by atoms with E-state index in [0.29, 0.717) is 33.9 Å². The van der Waals surface area contributed by atoms with Crippen molar-refractivity contribution in [2.45, 2.75) is 33.6 Å². The van der Waals surface area contributed by atoms with Crippen molar-refractivity contribution >= 4 is 50.6 Å². The number of thiophene rings is 1. The van der Waals surface area contributed by atoms with Crippen molar-refractivity contribution in [1.29, 1.82) is 0 Å². The minimum absolute atomic E-state index is 0.00528. The smallest absolute Gasteiger partial charge is 0.359 e. The first-order valence-corrected chi connectivity index (χ1v) is 10.9. The maximum absolute atomic E-state index is 13.3. The molecule has 7 nitrogen and oxygen atoms in total. The molecule has 0 aliphatic carbocycles. The van der Waals surface area contributed by atoms with E-state index in [1.54, 1.807) is 36.6 Å². The highest BCUT2D eigenvalue weighted by molar-refractivity contribution is 7.16. The first-order valence-electron chi connectivity index (χ1n) is 9.69. The van der Waals surface area contributed by atoms with Gasteiger partial charge in [-0.3, -0.25) is 9.59 Å². The summed E-state index contributed by atoms with van der Waals surface area (Å²) in [6.45, 7) is 5.74. The summed E-state index contributed by atoms with van der Waals surface area (Å²) in [5.41, 5.74) is -0.0458. The van der Waals surface area contributed by atoms with E-state index >= 15 is 0 Å². The average molecular weight is 448 g/mol. The maximum Gasteiger partial charge on any atom is 0.359 e. The van der Waals surface area contributed by atoms with Gasteiger partial charge in [0.15, 0.2) is 5.69 Å². The van der Waals surface area contributed by atoms with E-state index in [1.807, 2.05) is 13.8 Å². The predicted octanol–water partition coefficient (Wildman–Crippen LogP) is 4.65. The van der Waals surface area contributed by atoms with Crippen molar-refractivity contribution in [1.82, 2.24) is 9.78 Å². The molecule has 1 amide bonds. The Morgan fingerprint density at radius 3 is 2.63 bits per heavy atom. The molecule has 0 spiro atoms. The monoisotopic (exact) mass is 447 g/mol. The third-order valence-electron chi connectivity index (χ3n) is 4.77. The number of hydrogen-bond donors (Lipinski definition) is 1. The number of aromatic nitrogens is 2. The zero-order valence-electron chi connectivity index (χ0n) is 16.9. The zero-order chi connectivity index (χ0) is 21.8. The van der Waals surface area contributed by atoms with E-state index in [0.717, 1.165) is 4.68 Å². The predicted molar refractivity (Wildman–Crippen MR) is 119 cm³/mol. The van der Waals surface area contributed by atoms with Crippen LogP contribution in [0.1, 0.15) is 44.1 Å². The van der Waals surface area contributed by atoms with Crippen LogP contribution in [0.5, 0.6) is 0 Å². The van der Waals surface area contributed by atoms with Crippen molar-refractivity contribution in [3.8, 4) is 5.69 Å². The molecular formula is C21H22ClN3O4S. The summed E-state index contributed by atoms with van der Waals surface area (Å²) in [7, 11) is 0. The van der Waals surface area contributed by atoms with Crippen LogP contribution in [-0.4, -0.2) is 28.3 Å². The van der Waals surface area contributed by atoms with Gasteiger partial charge < -0.3 is 10.1 Å². The summed E-state index contributed by atoms with van der Waals surface area (Å²) in [4.78, 5) is 38.5. The molecule has 0 aliphatic heterocycles. The molecule has 0 radical (unpaired) electrons. The quantitative estimate of drug-likeness (QED) is 0.532. The Labute approximate surface area is 182 Å². The van der Waals surface area contributed by atoms with E-state index in [2.05, 4.69) is 10.4 Å². The fourth-order valence-corrected chi connectivity index (χ4v) is 4.27. The van der Waals surface area contributed by atoms with Crippen LogP contribution in [0, 0.1) is 5.92 Å². The standard InChI is InChI=1S/C21H22ClN3O4S/c1-4-12(5-2)18(26)23-19-16-15(11-30-19)17(21(28)29-6-3)24-25(20(16)27)14-9-7-8-13(22)10-14/h7-12H,4-6H2,1-3H3,(H,23,26). The second kappa shape index (κ2) is 9.40. The molecule has 1 aromatic carbocycles. The lowest BCUT2D eigenvalue weighted by Gasteiger charge is -2.13. The lowest BCUT2D eigenvalue weighted by Crippen LogP contribution is -2.26. The number of nitrogens with zero attached hydrogens (tertiary/aromatic N) is 2. The van der Waals surface area contributed by atoms with Gasteiger partial charge in [-0.15, -0.1) is 11.3 Å². The van der Waals surface area contributed by atoms with Crippen molar-refractivity contribution < 1.29 is 14.3 Å². The maximum atomic E-state index is 13.3. The largest absolute Gasteiger partial charge is 0.461 e. The number of rotatable bonds is 7. The van der Waals surface area contributed by atoms with Crippen molar-refractivity contribution in [3.05, 3.63) is 50.7 Å². The minimum Gasteiger partial charge on any atom is -0.461 e. The second-order valence-electron chi connectivity index (χ2n) is 6.62. The average Bonchev–Trinajstić information content (AvgIpc) is 3.13. The number of amides is 1. The third-order valence-corrected chi connectivity index (χ3v) is 5.90. The number of anilines is 1. The summed E-state index contributed by atoms with van der Waals surface area (Å²) < 4.78 is 6.24. The molecule has 0 fully saturated rings. The molecular weight excluding hydrogens is 426 g/mol. The Morgan fingerprint density at radius 1 is 1.27 bits per heavy atom. The molecule has 0 unspecified atom stereocenters. The van der Waals surface area contributed by atoms with Gasteiger partial charge in [0.1, 0.15) is 5.00 Å². The number of benzene rings is 1. The summed E-state index contributed by atoms with van der Waals surface area (Å²) >= 11 is 7.25. The molecule has 2 heterocycles. The van der Waals surface area contributed by atoms with Crippen molar-refractivity contribution in [3.63, 3.8) is 0 Å². The van der Waals surface area contributed by atoms with Gasteiger partial charge in [0.25, 0.3) is 5.56 Å². The second-order valence-corrected chi connectivity index (χ2v) is 7.94. The van der Waals surface area contributed by atoms with Crippen LogP contribution < -0.4 is 10.9 Å². The highest BCUT2D eigenvalue weighted by atomic mass is 35.5. The van der Waals surface area contributed by atoms with Crippen LogP contribution in [0.3, 0.4) is 0 Å². The molecule has 2 aromatic heterocycles. The number of esters is 1. The Kier molecular flexibility index (Phi) is 6.89. The summed E-state index contributed by atoms with van der Waals surface area (Å²) in [5, 5.41) is 10.1. The lowest BCUT2D eigenvalue weighted by atomic mass is 10.0. The lowest BCUT2D eigenvalue weighted by molar-refractivity contribution is -0.120. The van der Waals surface area contributed by atoms with Crippen LogP contribution in [0.15, 0.2) is 34.4 Å². The van der Waals surface area contributed by atoms with Gasteiger partial charge in [0.05, 0.1) is 17.7 Å². The van der Waals surface area contributed by atoms with E-state index in [1.165, 1.54) is 11.3 Å². The Bertz CT molecular complexity index is 1150. The number of carbonyl (C=O) groups excluding carboxylic acids is 2. The molecule has 3 rings (SSSR count). The Hall–Kier alpha value is -2.71. The van der Waals surface area contributed by atoms with Gasteiger partial charge in [0.2, 0.25) is 5.91 Å². The van der Waals surface area contributed by atoms with Crippen LogP contribution in [0.4, 0.5) is 5.00 Å². The molecule has 0 bridgehead atoms. The number of carbonyl (C=O) groups is 2. The van der Waals surface area contributed by atoms with Crippen LogP contribution in [0.25, 0.3) is 16.5 Å². The molecule has 158 valence electrons. The first-order chi connectivity index (χ1) is 14.4. The fourth-order valence-electron chi connectivity index (χ4n) is 3.15. The number of ether oxygens (including phenoxy) is 1. The van der Waals surface area contributed by atoms with Crippen LogP contribution >= 0.6 is 22.9 Å². The minimum atomic E-state index is -0.644. The third kappa shape index (κ3) is 4.24. The number of halogens is 1. The van der Waals surface area contributed by atoms with Gasteiger partial charge in [0, 0.05) is 21.7 Å². The van der Waals surface area contributed by atoms with E-state index in [-0.39, 0.29) is 29.5 Å². The van der Waals surface area contributed by atoms with Crippen molar-refractivity contribution in [2.75, 3.05) is 11.9 Å². The molecule has 0 atom stereocenters. The first kappa shape index (κ1) is 22.0. The summed E-state index contributed by atoms with van der Waals surface area (Å²) in [6, 6.07) is 6.59.